The van der Waals surface area contributed by atoms with Crippen molar-refractivity contribution in [1.29, 1.82) is 0 Å². The number of fused-ring (bicyclic) bond motifs is 1. The Balaban J connectivity index is 1.26. The Morgan fingerprint density at radius 1 is 1.14 bits per heavy atom. The number of amides is 1. The Hall–Kier alpha value is -2.39. The van der Waals surface area contributed by atoms with E-state index in [0.717, 1.165) is 43.1 Å². The number of alkyl carbamates (subject to hydrolysis) is 1. The maximum Gasteiger partial charge on any atom is 0.407 e. The number of halogens is 1. The number of nitrogens with zero attached hydrogens (tertiary/aromatic N) is 3. The Morgan fingerprint density at radius 3 is 2.54 bits per heavy atom. The van der Waals surface area contributed by atoms with E-state index in [0.29, 0.717) is 34.8 Å². The average molecular weight is 518 g/mol. The van der Waals surface area contributed by atoms with Gasteiger partial charge in [0.25, 0.3) is 0 Å². The van der Waals surface area contributed by atoms with Crippen molar-refractivity contribution in [3.05, 3.63) is 40.5 Å². The molecule has 0 bridgehead atoms. The first-order valence-electron chi connectivity index (χ1n) is 12.2. The van der Waals surface area contributed by atoms with Gasteiger partial charge in [0.1, 0.15) is 16.3 Å². The highest BCUT2D eigenvalue weighted by molar-refractivity contribution is 7.85. The third-order valence-corrected chi connectivity index (χ3v) is 8.32. The second-order valence-electron chi connectivity index (χ2n) is 10.5. The van der Waals surface area contributed by atoms with Gasteiger partial charge in [0.15, 0.2) is 0 Å². The SMILES string of the molecule is CC(C)(C)OC(=O)N[C@@H]1C[C@@H]1Nc1nc(N2CCC(c3ccc(Cl)cc3)CC2)nc2c1S(=O)CC2. The van der Waals surface area contributed by atoms with Gasteiger partial charge in [-0.3, -0.25) is 4.21 Å². The fraction of sp³-hybridized carbons (Fsp3) is 0.560. The number of hydrogen-bond acceptors (Lipinski definition) is 7. The minimum atomic E-state index is -1.11. The van der Waals surface area contributed by atoms with Crippen LogP contribution in [0.2, 0.25) is 5.02 Å². The molecule has 1 saturated heterocycles. The highest BCUT2D eigenvalue weighted by Gasteiger charge is 2.41. The summed E-state index contributed by atoms with van der Waals surface area (Å²) < 4.78 is 18.1. The zero-order chi connectivity index (χ0) is 24.7. The summed E-state index contributed by atoms with van der Waals surface area (Å²) in [4.78, 5) is 24.7. The average Bonchev–Trinajstić information content (AvgIpc) is 3.40. The molecular formula is C25H32ClN5O3S. The number of carbonyl (C=O) groups is 1. The highest BCUT2D eigenvalue weighted by atomic mass is 35.5. The van der Waals surface area contributed by atoms with Crippen LogP contribution in [0.25, 0.3) is 0 Å². The van der Waals surface area contributed by atoms with Crippen LogP contribution in [-0.4, -0.2) is 56.8 Å². The molecule has 2 aliphatic heterocycles. The van der Waals surface area contributed by atoms with Gasteiger partial charge in [0, 0.05) is 30.3 Å². The van der Waals surface area contributed by atoms with Gasteiger partial charge in [-0.25, -0.2) is 9.78 Å². The molecule has 2 fully saturated rings. The smallest absolute Gasteiger partial charge is 0.407 e. The standard InChI is InChI=1S/C25H32ClN5O3S/c1-25(2,3)34-24(32)29-20-14-19(20)27-22-21-18(10-13-35(21)33)28-23(30-22)31-11-8-16(9-12-31)15-4-6-17(26)7-5-15/h4-7,16,19-20H,8-14H2,1-3H3,(H,29,32)(H,27,28,30)/t19-,20+,35?/m0/s1. The van der Waals surface area contributed by atoms with E-state index < -0.39 is 22.5 Å². The minimum absolute atomic E-state index is 0.0302. The molecule has 3 atom stereocenters. The van der Waals surface area contributed by atoms with Crippen molar-refractivity contribution in [3.63, 3.8) is 0 Å². The van der Waals surface area contributed by atoms with E-state index in [1.165, 1.54) is 5.56 Å². The maximum absolute atomic E-state index is 12.7. The van der Waals surface area contributed by atoms with E-state index in [9.17, 15) is 9.00 Å². The fourth-order valence-electron chi connectivity index (χ4n) is 4.72. The number of ether oxygens (including phenoxy) is 1. The maximum atomic E-state index is 12.7. The van der Waals surface area contributed by atoms with Gasteiger partial charge in [-0.15, -0.1) is 0 Å². The largest absolute Gasteiger partial charge is 0.444 e. The van der Waals surface area contributed by atoms with E-state index in [-0.39, 0.29) is 12.1 Å². The summed E-state index contributed by atoms with van der Waals surface area (Å²) in [5, 5.41) is 7.09. The first kappa shape index (κ1) is 24.3. The highest BCUT2D eigenvalue weighted by Crippen LogP contribution is 2.36. The first-order chi connectivity index (χ1) is 16.7. The molecule has 1 saturated carbocycles. The van der Waals surface area contributed by atoms with Gasteiger partial charge in [-0.2, -0.15) is 4.98 Å². The molecule has 3 heterocycles. The Kier molecular flexibility index (Phi) is 6.65. The lowest BCUT2D eigenvalue weighted by Gasteiger charge is -2.32. The van der Waals surface area contributed by atoms with E-state index in [1.54, 1.807) is 0 Å². The summed E-state index contributed by atoms with van der Waals surface area (Å²) in [6, 6.07) is 8.13. The third kappa shape index (κ3) is 5.72. The quantitative estimate of drug-likeness (QED) is 0.611. The molecule has 1 unspecified atom stereocenters. The predicted molar refractivity (Wildman–Crippen MR) is 138 cm³/mol. The number of aryl methyl sites for hydroxylation is 1. The van der Waals surface area contributed by atoms with E-state index >= 15 is 0 Å². The molecule has 1 aliphatic carbocycles. The van der Waals surface area contributed by atoms with Gasteiger partial charge < -0.3 is 20.3 Å². The number of piperidine rings is 1. The third-order valence-electron chi connectivity index (χ3n) is 6.61. The summed E-state index contributed by atoms with van der Waals surface area (Å²) in [5.74, 6) is 2.40. The second-order valence-corrected chi connectivity index (χ2v) is 12.4. The number of hydrogen-bond donors (Lipinski definition) is 2. The zero-order valence-electron chi connectivity index (χ0n) is 20.3. The van der Waals surface area contributed by atoms with Crippen molar-refractivity contribution in [3.8, 4) is 0 Å². The molecule has 0 radical (unpaired) electrons. The van der Waals surface area contributed by atoms with Gasteiger partial charge in [-0.1, -0.05) is 23.7 Å². The van der Waals surface area contributed by atoms with E-state index in [1.807, 2.05) is 32.9 Å². The van der Waals surface area contributed by atoms with Crippen LogP contribution in [0.15, 0.2) is 29.2 Å². The number of benzene rings is 1. The predicted octanol–water partition coefficient (Wildman–Crippen LogP) is 4.26. The molecule has 3 aliphatic rings. The summed E-state index contributed by atoms with van der Waals surface area (Å²) in [5.41, 5.74) is 1.65. The van der Waals surface area contributed by atoms with Crippen molar-refractivity contribution in [2.75, 3.05) is 29.1 Å². The van der Waals surface area contributed by atoms with Crippen molar-refractivity contribution < 1.29 is 13.7 Å². The van der Waals surface area contributed by atoms with Crippen LogP contribution in [0.3, 0.4) is 0 Å². The van der Waals surface area contributed by atoms with Crippen LogP contribution in [0.1, 0.15) is 57.2 Å². The van der Waals surface area contributed by atoms with Crippen LogP contribution in [-0.2, 0) is 22.0 Å². The Bertz CT molecular complexity index is 1130. The number of nitrogens with one attached hydrogen (secondary N) is 2. The summed E-state index contributed by atoms with van der Waals surface area (Å²) in [7, 11) is -1.11. The number of anilines is 2. The molecule has 1 amide bonds. The van der Waals surface area contributed by atoms with Crippen molar-refractivity contribution in [1.82, 2.24) is 15.3 Å². The molecular weight excluding hydrogens is 486 g/mol. The number of aromatic nitrogens is 2. The van der Waals surface area contributed by atoms with Crippen molar-refractivity contribution in [2.24, 2.45) is 0 Å². The molecule has 10 heteroatoms. The lowest BCUT2D eigenvalue weighted by Crippen LogP contribution is -2.36. The van der Waals surface area contributed by atoms with Crippen LogP contribution >= 0.6 is 11.6 Å². The van der Waals surface area contributed by atoms with E-state index in [2.05, 4.69) is 27.7 Å². The summed E-state index contributed by atoms with van der Waals surface area (Å²) >= 11 is 6.05. The first-order valence-corrected chi connectivity index (χ1v) is 13.9. The van der Waals surface area contributed by atoms with Gasteiger partial charge >= 0.3 is 6.09 Å². The zero-order valence-corrected chi connectivity index (χ0v) is 21.9. The molecule has 2 aromatic rings. The second kappa shape index (κ2) is 9.58. The van der Waals surface area contributed by atoms with E-state index in [4.69, 9.17) is 26.3 Å². The summed E-state index contributed by atoms with van der Waals surface area (Å²) in [6.07, 6.45) is 3.07. The molecule has 35 heavy (non-hydrogen) atoms. The van der Waals surface area contributed by atoms with Gasteiger partial charge in [0.05, 0.1) is 28.6 Å². The molecule has 1 aromatic carbocycles. The lowest BCUT2D eigenvalue weighted by atomic mass is 9.89. The molecule has 2 N–H and O–H groups in total. The molecule has 1 aromatic heterocycles. The summed E-state index contributed by atoms with van der Waals surface area (Å²) in [6.45, 7) is 7.25. The lowest BCUT2D eigenvalue weighted by molar-refractivity contribution is 0.0523. The van der Waals surface area contributed by atoms with Crippen LogP contribution in [0.5, 0.6) is 0 Å². The van der Waals surface area contributed by atoms with Crippen molar-refractivity contribution >= 4 is 40.3 Å². The fourth-order valence-corrected chi connectivity index (χ4v) is 6.16. The molecule has 0 spiro atoms. The number of carbonyl (C=O) groups excluding carboxylic acids is 1. The Morgan fingerprint density at radius 2 is 1.86 bits per heavy atom. The van der Waals surface area contributed by atoms with Crippen LogP contribution in [0, 0.1) is 0 Å². The van der Waals surface area contributed by atoms with Gasteiger partial charge in [-0.05, 0) is 63.6 Å². The Labute approximate surface area is 213 Å². The van der Waals surface area contributed by atoms with Gasteiger partial charge in [0.2, 0.25) is 5.95 Å². The minimum Gasteiger partial charge on any atom is -0.444 e. The normalized spacial score (nSPS) is 24.1. The molecule has 5 rings (SSSR count). The van der Waals surface area contributed by atoms with Crippen molar-refractivity contribution in [2.45, 2.75) is 75.0 Å². The van der Waals surface area contributed by atoms with Crippen LogP contribution < -0.4 is 15.5 Å². The monoisotopic (exact) mass is 517 g/mol. The number of rotatable bonds is 5. The molecule has 188 valence electrons. The molecule has 8 nitrogen and oxygen atoms in total. The topological polar surface area (TPSA) is 96.4 Å². The van der Waals surface area contributed by atoms with Crippen LogP contribution in [0.4, 0.5) is 16.6 Å².